The Kier molecular flexibility index (Phi) is 4.75. The minimum Gasteiger partial charge on any atom is -0.406 e. The number of aryl methyl sites for hydroxylation is 1. The molecule has 0 aliphatic rings. The van der Waals surface area contributed by atoms with Crippen LogP contribution in [0.4, 0.5) is 18.9 Å². The summed E-state index contributed by atoms with van der Waals surface area (Å²) in [6.45, 7) is 1.83. The molecule has 118 valence electrons. The largest absolute Gasteiger partial charge is 0.573 e. The molecule has 0 amide bonds. The van der Waals surface area contributed by atoms with Crippen molar-refractivity contribution in [2.75, 3.05) is 11.0 Å². The van der Waals surface area contributed by atoms with Gasteiger partial charge in [0.1, 0.15) is 16.7 Å². The Morgan fingerprint density at radius 3 is 2.45 bits per heavy atom. The molecule has 1 N–H and O–H groups in total. The second-order valence-electron chi connectivity index (χ2n) is 4.66. The highest BCUT2D eigenvalue weighted by molar-refractivity contribution is 7.85. The van der Waals surface area contributed by atoms with Crippen LogP contribution in [0.5, 0.6) is 5.75 Å². The molecule has 7 heteroatoms. The second kappa shape index (κ2) is 6.39. The number of alkyl halides is 3. The van der Waals surface area contributed by atoms with E-state index in [9.17, 15) is 17.4 Å². The van der Waals surface area contributed by atoms with E-state index in [4.69, 9.17) is 0 Å². The van der Waals surface area contributed by atoms with Gasteiger partial charge in [0.25, 0.3) is 0 Å². The molecule has 2 aromatic rings. The maximum Gasteiger partial charge on any atom is 0.573 e. The minimum absolute atomic E-state index is 0.263. The Bertz CT molecular complexity index is 701. The summed E-state index contributed by atoms with van der Waals surface area (Å²) in [5.41, 5.74) is 2.92. The molecule has 0 spiro atoms. The molecule has 2 rings (SSSR count). The summed E-state index contributed by atoms with van der Waals surface area (Å²) in [7, 11) is -1.19. The van der Waals surface area contributed by atoms with Gasteiger partial charge in [0.15, 0.2) is 0 Å². The smallest absolute Gasteiger partial charge is 0.406 e. The van der Waals surface area contributed by atoms with Crippen LogP contribution in [-0.2, 0) is 11.0 Å². The average molecular weight is 329 g/mol. The van der Waals surface area contributed by atoms with Crippen molar-refractivity contribution in [1.82, 2.24) is 0 Å². The Morgan fingerprint density at radius 2 is 1.86 bits per heavy atom. The Labute approximate surface area is 128 Å². The number of ether oxygens (including phenoxy) is 1. The van der Waals surface area contributed by atoms with Crippen LogP contribution in [-0.4, -0.2) is 16.8 Å². The molecule has 3 nitrogen and oxygen atoms in total. The first-order valence-electron chi connectivity index (χ1n) is 6.31. The number of nitrogens with one attached hydrogen (secondary N) is 1. The van der Waals surface area contributed by atoms with Gasteiger partial charge in [-0.05, 0) is 47.9 Å². The fourth-order valence-corrected chi connectivity index (χ4v) is 2.54. The van der Waals surface area contributed by atoms with Crippen LogP contribution in [0.15, 0.2) is 42.5 Å². The first-order valence-corrected chi connectivity index (χ1v) is 7.87. The van der Waals surface area contributed by atoms with Crippen LogP contribution < -0.4 is 9.46 Å². The first kappa shape index (κ1) is 16.4. The topological polar surface area (TPSA) is 38.3 Å². The van der Waals surface area contributed by atoms with Gasteiger partial charge in [-0.15, -0.1) is 13.2 Å². The van der Waals surface area contributed by atoms with Crippen molar-refractivity contribution in [3.05, 3.63) is 48.0 Å². The lowest BCUT2D eigenvalue weighted by molar-refractivity contribution is -0.274. The quantitative estimate of drug-likeness (QED) is 0.910. The van der Waals surface area contributed by atoms with Gasteiger partial charge < -0.3 is 9.46 Å². The highest BCUT2D eigenvalue weighted by Gasteiger charge is 2.31. The molecular formula is C15H14F3NO2S. The van der Waals surface area contributed by atoms with Crippen molar-refractivity contribution >= 4 is 16.7 Å². The number of halogens is 3. The molecule has 0 saturated heterocycles. The molecule has 0 radical (unpaired) electrons. The molecule has 0 saturated carbocycles. The molecule has 1 atom stereocenters. The van der Waals surface area contributed by atoms with Crippen LogP contribution in [0, 0.1) is 6.92 Å². The third-order valence-electron chi connectivity index (χ3n) is 2.87. The van der Waals surface area contributed by atoms with Gasteiger partial charge in [0.05, 0.1) is 0 Å². The van der Waals surface area contributed by atoms with Crippen molar-refractivity contribution in [3.63, 3.8) is 0 Å². The van der Waals surface area contributed by atoms with Crippen molar-refractivity contribution in [2.24, 2.45) is 0 Å². The maximum atomic E-state index is 12.3. The Morgan fingerprint density at radius 1 is 1.14 bits per heavy atom. The lowest BCUT2D eigenvalue weighted by Gasteiger charge is -2.12. The van der Waals surface area contributed by atoms with Gasteiger partial charge in [0, 0.05) is 11.9 Å². The monoisotopic (exact) mass is 329 g/mol. The van der Waals surface area contributed by atoms with Crippen molar-refractivity contribution < 1.29 is 22.1 Å². The number of anilines is 1. The normalized spacial score (nSPS) is 12.8. The fourth-order valence-electron chi connectivity index (χ4n) is 2.08. The molecule has 0 heterocycles. The molecule has 22 heavy (non-hydrogen) atoms. The summed E-state index contributed by atoms with van der Waals surface area (Å²) in [5, 5.41) is 0. The van der Waals surface area contributed by atoms with E-state index < -0.39 is 17.3 Å². The van der Waals surface area contributed by atoms with E-state index in [0.717, 1.165) is 11.1 Å². The SMILES string of the molecule is Cc1cc(NS(C)=O)ccc1-c1cccc(OC(F)(F)F)c1. The van der Waals surface area contributed by atoms with Crippen molar-refractivity contribution in [2.45, 2.75) is 13.3 Å². The van der Waals surface area contributed by atoms with Gasteiger partial charge in [-0.3, -0.25) is 0 Å². The molecule has 1 unspecified atom stereocenters. The van der Waals surface area contributed by atoms with Crippen molar-refractivity contribution in [3.8, 4) is 16.9 Å². The van der Waals surface area contributed by atoms with Gasteiger partial charge >= 0.3 is 6.36 Å². The van der Waals surface area contributed by atoms with Crippen molar-refractivity contribution in [1.29, 1.82) is 0 Å². The van der Waals surface area contributed by atoms with E-state index in [2.05, 4.69) is 9.46 Å². The zero-order valence-corrected chi connectivity index (χ0v) is 12.7. The molecule has 0 fully saturated rings. The van der Waals surface area contributed by atoms with Gasteiger partial charge in [-0.2, -0.15) is 0 Å². The lowest BCUT2D eigenvalue weighted by atomic mass is 10.00. The van der Waals surface area contributed by atoms with Crippen LogP contribution in [0.1, 0.15) is 5.56 Å². The third-order valence-corrected chi connectivity index (χ3v) is 3.39. The standard InChI is InChI=1S/C15H14F3NO2S/c1-10-8-12(19-22(2)20)6-7-14(10)11-4-3-5-13(9-11)21-15(16,17)18/h3-9,19H,1-2H3. The zero-order chi connectivity index (χ0) is 16.3. The zero-order valence-electron chi connectivity index (χ0n) is 11.9. The summed E-state index contributed by atoms with van der Waals surface area (Å²) in [4.78, 5) is 0. The van der Waals surface area contributed by atoms with Crippen LogP contribution in [0.25, 0.3) is 11.1 Å². The molecule has 0 aliphatic carbocycles. The highest BCUT2D eigenvalue weighted by atomic mass is 32.2. The molecule has 2 aromatic carbocycles. The second-order valence-corrected chi connectivity index (χ2v) is 5.77. The number of hydrogen-bond donors (Lipinski definition) is 1. The third kappa shape index (κ3) is 4.49. The molecular weight excluding hydrogens is 315 g/mol. The predicted molar refractivity (Wildman–Crippen MR) is 81.0 cm³/mol. The Hall–Kier alpha value is -2.02. The fraction of sp³-hybridized carbons (Fsp3) is 0.200. The summed E-state index contributed by atoms with van der Waals surface area (Å²) in [6.07, 6.45) is -3.20. The van der Waals surface area contributed by atoms with Crippen LogP contribution in [0.2, 0.25) is 0 Å². The number of rotatable bonds is 4. The maximum absolute atomic E-state index is 12.3. The van der Waals surface area contributed by atoms with E-state index in [-0.39, 0.29) is 5.75 Å². The number of benzene rings is 2. The lowest BCUT2D eigenvalue weighted by Crippen LogP contribution is -2.17. The van der Waals surface area contributed by atoms with Gasteiger partial charge in [-0.25, -0.2) is 4.21 Å². The van der Waals surface area contributed by atoms with E-state index in [1.165, 1.54) is 24.5 Å². The summed E-state index contributed by atoms with van der Waals surface area (Å²) in [6, 6.07) is 11.1. The molecule has 0 aromatic heterocycles. The van der Waals surface area contributed by atoms with Gasteiger partial charge in [0.2, 0.25) is 0 Å². The molecule has 0 bridgehead atoms. The highest BCUT2D eigenvalue weighted by Crippen LogP contribution is 2.30. The average Bonchev–Trinajstić information content (AvgIpc) is 2.36. The van der Waals surface area contributed by atoms with E-state index in [1.807, 2.05) is 6.92 Å². The van der Waals surface area contributed by atoms with E-state index in [0.29, 0.717) is 11.3 Å². The Balaban J connectivity index is 2.32. The van der Waals surface area contributed by atoms with Crippen LogP contribution >= 0.6 is 0 Å². The first-order chi connectivity index (χ1) is 10.2. The van der Waals surface area contributed by atoms with Crippen LogP contribution in [0.3, 0.4) is 0 Å². The van der Waals surface area contributed by atoms with E-state index >= 15 is 0 Å². The molecule has 0 aliphatic heterocycles. The number of hydrogen-bond acceptors (Lipinski definition) is 2. The van der Waals surface area contributed by atoms with E-state index in [1.54, 1.807) is 24.3 Å². The summed E-state index contributed by atoms with van der Waals surface area (Å²) >= 11 is 0. The summed E-state index contributed by atoms with van der Waals surface area (Å²) in [5.74, 6) is -0.263. The van der Waals surface area contributed by atoms with Gasteiger partial charge in [-0.1, -0.05) is 18.2 Å². The predicted octanol–water partition coefficient (Wildman–Crippen LogP) is 4.27. The summed E-state index contributed by atoms with van der Waals surface area (Å²) < 4.78 is 54.6. The minimum atomic E-state index is -4.72.